The summed E-state index contributed by atoms with van der Waals surface area (Å²) >= 11 is 0. The van der Waals surface area contributed by atoms with Crippen molar-refractivity contribution >= 4 is 11.9 Å². The molecule has 1 heterocycles. The van der Waals surface area contributed by atoms with Crippen LogP contribution in [0.3, 0.4) is 0 Å². The lowest BCUT2D eigenvalue weighted by Crippen LogP contribution is -2.35. The van der Waals surface area contributed by atoms with Crippen molar-refractivity contribution in [1.29, 1.82) is 0 Å². The highest BCUT2D eigenvalue weighted by Gasteiger charge is 2.20. The molecule has 0 saturated heterocycles. The van der Waals surface area contributed by atoms with Crippen molar-refractivity contribution < 1.29 is 28.2 Å². The highest BCUT2D eigenvalue weighted by molar-refractivity contribution is 5.93. The molecule has 0 radical (unpaired) electrons. The van der Waals surface area contributed by atoms with Crippen LogP contribution in [-0.4, -0.2) is 32.2 Å². The third kappa shape index (κ3) is 4.52. The van der Waals surface area contributed by atoms with Crippen molar-refractivity contribution in [3.05, 3.63) is 47.9 Å². The van der Waals surface area contributed by atoms with E-state index >= 15 is 0 Å². The second-order valence-electron chi connectivity index (χ2n) is 4.95. The zero-order valence-corrected chi connectivity index (χ0v) is 13.7. The van der Waals surface area contributed by atoms with Crippen LogP contribution in [0, 0.1) is 0 Å². The van der Waals surface area contributed by atoms with Gasteiger partial charge in [-0.05, 0) is 31.2 Å². The standard InChI is InChI=1S/C17H19NO6/c1-11(16(19)18-10-13-5-4-6-23-13)24-17(20)12-7-14(21-2)9-15(8-12)22-3/h4-9,11H,10H2,1-3H3,(H,18,19)/t11-/m1/s1. The number of esters is 1. The summed E-state index contributed by atoms with van der Waals surface area (Å²) in [5, 5.41) is 2.63. The van der Waals surface area contributed by atoms with Crippen LogP contribution in [0.2, 0.25) is 0 Å². The molecule has 1 amide bonds. The maximum atomic E-state index is 12.2. The molecule has 1 atom stereocenters. The molecule has 24 heavy (non-hydrogen) atoms. The van der Waals surface area contributed by atoms with Crippen molar-refractivity contribution in [1.82, 2.24) is 5.32 Å². The summed E-state index contributed by atoms with van der Waals surface area (Å²) in [6, 6.07) is 8.12. The Labute approximate surface area is 139 Å². The largest absolute Gasteiger partial charge is 0.497 e. The van der Waals surface area contributed by atoms with E-state index in [-0.39, 0.29) is 12.1 Å². The second kappa shape index (κ2) is 8.05. The van der Waals surface area contributed by atoms with Gasteiger partial charge in [0.2, 0.25) is 0 Å². The Morgan fingerprint density at radius 1 is 1.17 bits per heavy atom. The number of ether oxygens (including phenoxy) is 3. The van der Waals surface area contributed by atoms with Crippen LogP contribution in [0.1, 0.15) is 23.0 Å². The summed E-state index contributed by atoms with van der Waals surface area (Å²) in [4.78, 5) is 24.2. The molecule has 0 spiro atoms. The van der Waals surface area contributed by atoms with E-state index in [1.54, 1.807) is 18.2 Å². The molecule has 2 rings (SSSR count). The third-order valence-electron chi connectivity index (χ3n) is 3.26. The van der Waals surface area contributed by atoms with Gasteiger partial charge in [-0.2, -0.15) is 0 Å². The Bertz CT molecular complexity index is 673. The Hall–Kier alpha value is -2.96. The molecule has 0 fully saturated rings. The van der Waals surface area contributed by atoms with Gasteiger partial charge >= 0.3 is 5.97 Å². The molecule has 128 valence electrons. The highest BCUT2D eigenvalue weighted by Crippen LogP contribution is 2.23. The first-order chi connectivity index (χ1) is 11.5. The number of hydrogen-bond acceptors (Lipinski definition) is 6. The maximum absolute atomic E-state index is 12.2. The van der Waals surface area contributed by atoms with Gasteiger partial charge < -0.3 is 23.9 Å². The van der Waals surface area contributed by atoms with E-state index in [9.17, 15) is 9.59 Å². The predicted octanol–water partition coefficient (Wildman–Crippen LogP) is 2.16. The van der Waals surface area contributed by atoms with E-state index in [1.807, 2.05) is 0 Å². The van der Waals surface area contributed by atoms with Gasteiger partial charge in [0.1, 0.15) is 17.3 Å². The van der Waals surface area contributed by atoms with E-state index in [1.165, 1.54) is 39.5 Å². The number of rotatable bonds is 7. The van der Waals surface area contributed by atoms with Gasteiger partial charge in [-0.25, -0.2) is 4.79 Å². The summed E-state index contributed by atoms with van der Waals surface area (Å²) in [7, 11) is 2.96. The van der Waals surface area contributed by atoms with Crippen LogP contribution in [0.5, 0.6) is 11.5 Å². The van der Waals surface area contributed by atoms with Crippen molar-refractivity contribution in [3.63, 3.8) is 0 Å². The Morgan fingerprint density at radius 2 is 1.83 bits per heavy atom. The van der Waals surface area contributed by atoms with Crippen molar-refractivity contribution in [2.24, 2.45) is 0 Å². The number of hydrogen-bond donors (Lipinski definition) is 1. The molecular formula is C17H19NO6. The minimum Gasteiger partial charge on any atom is -0.497 e. The quantitative estimate of drug-likeness (QED) is 0.781. The molecule has 0 bridgehead atoms. The molecular weight excluding hydrogens is 314 g/mol. The summed E-state index contributed by atoms with van der Waals surface area (Å²) in [5.41, 5.74) is 0.233. The van der Waals surface area contributed by atoms with Crippen molar-refractivity contribution in [2.45, 2.75) is 19.6 Å². The summed E-state index contributed by atoms with van der Waals surface area (Å²) in [6.45, 7) is 1.72. The average molecular weight is 333 g/mol. The fourth-order valence-electron chi connectivity index (χ4n) is 1.94. The molecule has 0 saturated carbocycles. The van der Waals surface area contributed by atoms with E-state index in [0.717, 1.165) is 0 Å². The fraction of sp³-hybridized carbons (Fsp3) is 0.294. The Kier molecular flexibility index (Phi) is 5.83. The summed E-state index contributed by atoms with van der Waals surface area (Å²) < 4.78 is 20.5. The number of benzene rings is 1. The number of carbonyl (C=O) groups excluding carboxylic acids is 2. The first-order valence-electron chi connectivity index (χ1n) is 7.27. The van der Waals surface area contributed by atoms with E-state index in [4.69, 9.17) is 18.6 Å². The van der Waals surface area contributed by atoms with E-state index in [0.29, 0.717) is 17.3 Å². The number of amides is 1. The molecule has 1 aromatic carbocycles. The molecule has 2 aromatic rings. The van der Waals surface area contributed by atoms with Crippen LogP contribution in [-0.2, 0) is 16.1 Å². The van der Waals surface area contributed by atoms with Gasteiger partial charge in [-0.1, -0.05) is 0 Å². The van der Waals surface area contributed by atoms with Crippen LogP contribution >= 0.6 is 0 Å². The van der Waals surface area contributed by atoms with E-state index in [2.05, 4.69) is 5.32 Å². The molecule has 1 aromatic heterocycles. The lowest BCUT2D eigenvalue weighted by Gasteiger charge is -2.14. The minimum absolute atomic E-state index is 0.223. The van der Waals surface area contributed by atoms with Gasteiger partial charge in [0, 0.05) is 6.07 Å². The number of nitrogens with one attached hydrogen (secondary N) is 1. The van der Waals surface area contributed by atoms with Crippen LogP contribution in [0.25, 0.3) is 0 Å². The smallest absolute Gasteiger partial charge is 0.339 e. The molecule has 0 aliphatic heterocycles. The van der Waals surface area contributed by atoms with Gasteiger partial charge in [0.15, 0.2) is 6.10 Å². The summed E-state index contributed by atoms with van der Waals surface area (Å²) in [6.07, 6.45) is 0.561. The zero-order valence-electron chi connectivity index (χ0n) is 13.7. The molecule has 0 aliphatic rings. The first-order valence-corrected chi connectivity index (χ1v) is 7.27. The molecule has 0 unspecified atom stereocenters. The van der Waals surface area contributed by atoms with Crippen LogP contribution < -0.4 is 14.8 Å². The minimum atomic E-state index is -0.954. The Morgan fingerprint density at radius 3 is 2.38 bits per heavy atom. The van der Waals surface area contributed by atoms with Crippen LogP contribution in [0.15, 0.2) is 41.0 Å². The molecule has 0 aliphatic carbocycles. The topological polar surface area (TPSA) is 87.0 Å². The maximum Gasteiger partial charge on any atom is 0.339 e. The van der Waals surface area contributed by atoms with Crippen LogP contribution in [0.4, 0.5) is 0 Å². The molecule has 1 N–H and O–H groups in total. The predicted molar refractivity (Wildman–Crippen MR) is 85.0 cm³/mol. The number of methoxy groups -OCH3 is 2. The van der Waals surface area contributed by atoms with Crippen molar-refractivity contribution in [3.8, 4) is 11.5 Å². The monoisotopic (exact) mass is 333 g/mol. The van der Waals surface area contributed by atoms with Gasteiger partial charge in [-0.3, -0.25) is 4.79 Å². The van der Waals surface area contributed by atoms with Gasteiger partial charge in [0.25, 0.3) is 5.91 Å². The lowest BCUT2D eigenvalue weighted by molar-refractivity contribution is -0.129. The Balaban J connectivity index is 1.96. The zero-order chi connectivity index (χ0) is 17.5. The number of furan rings is 1. The van der Waals surface area contributed by atoms with E-state index < -0.39 is 18.0 Å². The second-order valence-corrected chi connectivity index (χ2v) is 4.95. The summed E-state index contributed by atoms with van der Waals surface area (Å²) in [5.74, 6) is 0.453. The molecule has 7 heteroatoms. The normalized spacial score (nSPS) is 11.5. The lowest BCUT2D eigenvalue weighted by atomic mass is 10.2. The molecule has 7 nitrogen and oxygen atoms in total. The van der Waals surface area contributed by atoms with Gasteiger partial charge in [-0.15, -0.1) is 0 Å². The van der Waals surface area contributed by atoms with Crippen molar-refractivity contribution in [2.75, 3.05) is 14.2 Å². The van der Waals surface area contributed by atoms with Gasteiger partial charge in [0.05, 0.1) is 32.6 Å². The third-order valence-corrected chi connectivity index (χ3v) is 3.26. The highest BCUT2D eigenvalue weighted by atomic mass is 16.5. The average Bonchev–Trinajstić information content (AvgIpc) is 3.12. The number of carbonyl (C=O) groups is 2. The first kappa shape index (κ1) is 17.4. The fourth-order valence-corrected chi connectivity index (χ4v) is 1.94. The SMILES string of the molecule is COc1cc(OC)cc(C(=O)O[C@H](C)C(=O)NCc2ccco2)c1.